The van der Waals surface area contributed by atoms with E-state index in [1.54, 1.807) is 0 Å². The Hall–Kier alpha value is -1.06. The fourth-order valence-corrected chi connectivity index (χ4v) is 3.38. The van der Waals surface area contributed by atoms with Gasteiger partial charge in [-0.25, -0.2) is 0 Å². The van der Waals surface area contributed by atoms with Crippen LogP contribution in [0.15, 0.2) is 42.5 Å². The standard InChI is InChI=1S/C19H23O2P.Li.H/c1-13(2)12-21-16-8-10-17(11-9-16)22-19(20)18-14(3)6-5-7-15(18)4;;/h5-11,13,22H,12H2,1-4H3;;/q;+1;-1. The molecule has 0 radical (unpaired) electrons. The molecule has 2 aromatic rings. The molecule has 0 aliphatic heterocycles. The number of carbonyl (C=O) groups excluding carboxylic acids is 1. The number of ether oxygens (including phenoxy) is 1. The Morgan fingerprint density at radius 2 is 1.65 bits per heavy atom. The van der Waals surface area contributed by atoms with Crippen LogP contribution in [-0.4, -0.2) is 12.1 Å². The van der Waals surface area contributed by atoms with Gasteiger partial charge in [0.05, 0.1) is 6.61 Å². The molecule has 1 unspecified atom stereocenters. The molecule has 118 valence electrons. The molecule has 0 aliphatic rings. The molecule has 0 bridgehead atoms. The Morgan fingerprint density at radius 3 is 2.17 bits per heavy atom. The number of carbonyl (C=O) groups is 1. The van der Waals surface area contributed by atoms with Gasteiger partial charge in [0, 0.05) is 5.56 Å². The molecule has 23 heavy (non-hydrogen) atoms. The Morgan fingerprint density at radius 1 is 1.09 bits per heavy atom. The van der Waals surface area contributed by atoms with Crippen molar-refractivity contribution >= 4 is 19.4 Å². The first-order valence-electron chi connectivity index (χ1n) is 7.58. The Labute approximate surface area is 154 Å². The quantitative estimate of drug-likeness (QED) is 0.596. The minimum absolute atomic E-state index is 0. The van der Waals surface area contributed by atoms with Crippen molar-refractivity contribution in [3.8, 4) is 5.75 Å². The van der Waals surface area contributed by atoms with Crippen LogP contribution < -0.4 is 28.9 Å². The predicted octanol–water partition coefficient (Wildman–Crippen LogP) is 1.60. The Kier molecular flexibility index (Phi) is 8.07. The molecular weight excluding hydrogens is 298 g/mol. The topological polar surface area (TPSA) is 26.3 Å². The van der Waals surface area contributed by atoms with Gasteiger partial charge in [0.2, 0.25) is 0 Å². The molecule has 0 saturated carbocycles. The van der Waals surface area contributed by atoms with Crippen molar-refractivity contribution in [2.45, 2.75) is 27.7 Å². The van der Waals surface area contributed by atoms with Gasteiger partial charge < -0.3 is 6.16 Å². The molecule has 0 aromatic heterocycles. The van der Waals surface area contributed by atoms with Crippen molar-refractivity contribution in [3.63, 3.8) is 0 Å². The molecule has 0 N–H and O–H groups in total. The summed E-state index contributed by atoms with van der Waals surface area (Å²) in [5, 5.41) is 1.05. The van der Waals surface area contributed by atoms with E-state index in [9.17, 15) is 4.79 Å². The smallest absolute Gasteiger partial charge is 1.00 e. The fourth-order valence-electron chi connectivity index (χ4n) is 2.26. The van der Waals surface area contributed by atoms with Gasteiger partial charge in [0.1, 0.15) is 5.75 Å². The van der Waals surface area contributed by atoms with E-state index < -0.39 is 0 Å². The van der Waals surface area contributed by atoms with Crippen LogP contribution in [0.25, 0.3) is 0 Å². The van der Waals surface area contributed by atoms with Crippen molar-refractivity contribution < 1.29 is 29.8 Å². The van der Waals surface area contributed by atoms with Gasteiger partial charge in [-0.3, -0.25) is 4.79 Å². The van der Waals surface area contributed by atoms with Gasteiger partial charge in [-0.05, 0) is 56.9 Å². The van der Waals surface area contributed by atoms with Crippen LogP contribution in [0.5, 0.6) is 5.75 Å². The molecule has 0 heterocycles. The van der Waals surface area contributed by atoms with E-state index in [1.807, 2.05) is 56.3 Å². The molecule has 2 rings (SSSR count). The monoisotopic (exact) mass is 322 g/mol. The zero-order chi connectivity index (χ0) is 16.1. The second kappa shape index (κ2) is 9.29. The molecule has 2 nitrogen and oxygen atoms in total. The largest absolute Gasteiger partial charge is 1.00 e. The maximum Gasteiger partial charge on any atom is 1.00 e. The van der Waals surface area contributed by atoms with Crippen LogP contribution >= 0.6 is 8.58 Å². The normalized spacial score (nSPS) is 10.8. The second-order valence-electron chi connectivity index (χ2n) is 5.95. The van der Waals surface area contributed by atoms with Crippen molar-refractivity contribution in [1.29, 1.82) is 0 Å². The molecule has 0 amide bonds. The predicted molar refractivity (Wildman–Crippen MR) is 96.1 cm³/mol. The van der Waals surface area contributed by atoms with Crippen molar-refractivity contribution in [2.24, 2.45) is 5.92 Å². The minimum atomic E-state index is 0. The zero-order valence-electron chi connectivity index (χ0n) is 15.6. The molecule has 4 heteroatoms. The van der Waals surface area contributed by atoms with Gasteiger partial charge in [0.15, 0.2) is 5.52 Å². The Bertz CT molecular complexity index is 637. The summed E-state index contributed by atoms with van der Waals surface area (Å²) in [7, 11) is 0.148. The summed E-state index contributed by atoms with van der Waals surface area (Å²) in [6.45, 7) is 8.95. The number of benzene rings is 2. The van der Waals surface area contributed by atoms with E-state index in [2.05, 4.69) is 13.8 Å². The van der Waals surface area contributed by atoms with Crippen LogP contribution in [0.3, 0.4) is 0 Å². The first kappa shape index (κ1) is 20.0. The van der Waals surface area contributed by atoms with Crippen LogP contribution in [-0.2, 0) is 0 Å². The van der Waals surface area contributed by atoms with Gasteiger partial charge in [-0.1, -0.05) is 44.2 Å². The van der Waals surface area contributed by atoms with Gasteiger partial charge in [0.25, 0.3) is 0 Å². The third-order valence-corrected chi connectivity index (χ3v) is 4.50. The third-order valence-electron chi connectivity index (χ3n) is 3.40. The summed E-state index contributed by atoms with van der Waals surface area (Å²) < 4.78 is 5.67. The molecule has 0 saturated heterocycles. The minimum Gasteiger partial charge on any atom is -1.00 e. The molecule has 1 atom stereocenters. The second-order valence-corrected chi connectivity index (χ2v) is 7.23. The molecule has 2 aromatic carbocycles. The number of hydrogen-bond acceptors (Lipinski definition) is 2. The van der Waals surface area contributed by atoms with E-state index >= 15 is 0 Å². The van der Waals surface area contributed by atoms with Crippen molar-refractivity contribution in [2.75, 3.05) is 6.61 Å². The molecule has 0 spiro atoms. The SMILES string of the molecule is Cc1cccc(C)c1C(=O)Pc1ccc(OCC(C)C)cc1.[H-].[Li+]. The van der Waals surface area contributed by atoms with Gasteiger partial charge in [-0.15, -0.1) is 0 Å². The number of rotatable bonds is 6. The van der Waals surface area contributed by atoms with Crippen molar-refractivity contribution in [3.05, 3.63) is 59.2 Å². The van der Waals surface area contributed by atoms with E-state index in [4.69, 9.17) is 4.74 Å². The maximum atomic E-state index is 12.5. The summed E-state index contributed by atoms with van der Waals surface area (Å²) in [6.07, 6.45) is 0. The third kappa shape index (κ3) is 5.81. The number of hydrogen-bond donors (Lipinski definition) is 0. The van der Waals surface area contributed by atoms with E-state index in [-0.39, 0.29) is 34.4 Å². The van der Waals surface area contributed by atoms with Crippen molar-refractivity contribution in [1.82, 2.24) is 0 Å². The van der Waals surface area contributed by atoms with E-state index in [0.717, 1.165) is 27.7 Å². The van der Waals surface area contributed by atoms with Crippen LogP contribution in [0.1, 0.15) is 36.8 Å². The van der Waals surface area contributed by atoms with Gasteiger partial charge in [-0.2, -0.15) is 0 Å². The van der Waals surface area contributed by atoms with Crippen LogP contribution in [0, 0.1) is 19.8 Å². The average Bonchev–Trinajstić information content (AvgIpc) is 2.46. The fraction of sp³-hybridized carbons (Fsp3) is 0.316. The Balaban J connectivity index is 0.00000264. The summed E-state index contributed by atoms with van der Waals surface area (Å²) in [5.41, 5.74) is 3.16. The first-order chi connectivity index (χ1) is 10.5. The molecule has 0 fully saturated rings. The van der Waals surface area contributed by atoms with E-state index in [1.165, 1.54) is 0 Å². The number of aryl methyl sites for hydroxylation is 2. The van der Waals surface area contributed by atoms with E-state index in [0.29, 0.717) is 12.5 Å². The zero-order valence-corrected chi connectivity index (χ0v) is 15.6. The summed E-state index contributed by atoms with van der Waals surface area (Å²) >= 11 is 0. The van der Waals surface area contributed by atoms with Crippen LogP contribution in [0.4, 0.5) is 0 Å². The molecular formula is C19H24LiO2P. The summed E-state index contributed by atoms with van der Waals surface area (Å²) in [5.74, 6) is 1.37. The maximum absolute atomic E-state index is 12.5. The average molecular weight is 322 g/mol. The van der Waals surface area contributed by atoms with Crippen LogP contribution in [0.2, 0.25) is 0 Å². The molecule has 0 aliphatic carbocycles. The summed E-state index contributed by atoms with van der Waals surface area (Å²) in [6, 6.07) is 13.8. The summed E-state index contributed by atoms with van der Waals surface area (Å²) in [4.78, 5) is 12.5. The van der Waals surface area contributed by atoms with Gasteiger partial charge >= 0.3 is 18.9 Å². The first-order valence-corrected chi connectivity index (χ1v) is 8.58.